The smallest absolute Gasteiger partial charge is 0.334 e. The third-order valence-electron chi connectivity index (χ3n) is 3.47. The molecule has 0 aromatic heterocycles. The maximum atomic E-state index is 10.7. The van der Waals surface area contributed by atoms with E-state index in [9.17, 15) is 4.79 Å². The number of rotatable bonds is 14. The number of hydrogen-bond donors (Lipinski definition) is 1. The molecule has 0 saturated carbocycles. The van der Waals surface area contributed by atoms with Crippen molar-refractivity contribution >= 4 is 14.5 Å². The van der Waals surface area contributed by atoms with Gasteiger partial charge >= 0.3 is 14.5 Å². The van der Waals surface area contributed by atoms with Gasteiger partial charge in [0.1, 0.15) is 0 Å². The van der Waals surface area contributed by atoms with E-state index in [1.165, 1.54) is 0 Å². The lowest BCUT2D eigenvalue weighted by Gasteiger charge is -2.27. The van der Waals surface area contributed by atoms with E-state index >= 15 is 0 Å². The van der Waals surface area contributed by atoms with Crippen LogP contribution < -0.4 is 0 Å². The normalized spacial score (nSPS) is 11.6. The SMILES string of the molecule is C=C(CCCC[Si](C)(OCCCC)OCCCC)C(=O)O. The summed E-state index contributed by atoms with van der Waals surface area (Å²) in [7, 11) is -2.10. The summed E-state index contributed by atoms with van der Waals surface area (Å²) in [6.07, 6.45) is 6.69. The second-order valence-corrected chi connectivity index (χ2v) is 9.00. The molecule has 0 amide bonds. The average Bonchev–Trinajstić information content (AvgIpc) is 2.44. The Balaban J connectivity index is 4.12. The fourth-order valence-corrected chi connectivity index (χ4v) is 4.36. The lowest BCUT2D eigenvalue weighted by atomic mass is 10.1. The van der Waals surface area contributed by atoms with Gasteiger partial charge in [-0.1, -0.05) is 39.7 Å². The highest BCUT2D eigenvalue weighted by Crippen LogP contribution is 2.20. The minimum atomic E-state index is -2.10. The number of carboxylic acids is 1. The lowest BCUT2D eigenvalue weighted by Crippen LogP contribution is -2.39. The quantitative estimate of drug-likeness (QED) is 0.291. The Bertz CT molecular complexity index is 295. The van der Waals surface area contributed by atoms with Crippen molar-refractivity contribution < 1.29 is 18.8 Å². The topological polar surface area (TPSA) is 55.8 Å². The van der Waals surface area contributed by atoms with Gasteiger partial charge in [0.15, 0.2) is 0 Å². The molecule has 0 spiro atoms. The van der Waals surface area contributed by atoms with E-state index < -0.39 is 14.5 Å². The first-order chi connectivity index (χ1) is 9.95. The molecule has 0 saturated heterocycles. The number of aliphatic carboxylic acids is 1. The standard InChI is InChI=1S/C16H32O4Si/c1-5-7-12-19-21(4,20-13-8-6-2)14-10-9-11-15(3)16(17)18/h3,5-14H2,1-2,4H3,(H,17,18). The van der Waals surface area contributed by atoms with Crippen molar-refractivity contribution in [2.24, 2.45) is 0 Å². The monoisotopic (exact) mass is 316 g/mol. The van der Waals surface area contributed by atoms with E-state index in [4.69, 9.17) is 14.0 Å². The summed E-state index contributed by atoms with van der Waals surface area (Å²) in [5, 5.41) is 8.79. The van der Waals surface area contributed by atoms with Gasteiger partial charge in [0.2, 0.25) is 0 Å². The number of carbonyl (C=O) groups is 1. The molecule has 0 atom stereocenters. The largest absolute Gasteiger partial charge is 0.478 e. The predicted octanol–water partition coefficient (Wildman–Crippen LogP) is 4.50. The van der Waals surface area contributed by atoms with Crippen molar-refractivity contribution in [1.82, 2.24) is 0 Å². The summed E-state index contributed by atoms with van der Waals surface area (Å²) in [5.41, 5.74) is 0.289. The van der Waals surface area contributed by atoms with Gasteiger partial charge in [-0.3, -0.25) is 0 Å². The molecule has 124 valence electrons. The molecule has 0 fully saturated rings. The zero-order chi connectivity index (χ0) is 16.1. The summed E-state index contributed by atoms with van der Waals surface area (Å²) in [6.45, 7) is 11.5. The van der Waals surface area contributed by atoms with Crippen molar-refractivity contribution in [3.63, 3.8) is 0 Å². The van der Waals surface area contributed by atoms with Crippen LogP contribution in [0.25, 0.3) is 0 Å². The van der Waals surface area contributed by atoms with Crippen LogP contribution in [0.4, 0.5) is 0 Å². The van der Waals surface area contributed by atoms with Crippen molar-refractivity contribution in [1.29, 1.82) is 0 Å². The van der Waals surface area contributed by atoms with E-state index in [2.05, 4.69) is 27.0 Å². The third kappa shape index (κ3) is 10.7. The number of carboxylic acid groups (broad SMARTS) is 1. The molecule has 0 unspecified atom stereocenters. The molecule has 0 aliphatic carbocycles. The molecular formula is C16H32O4Si. The second kappa shape index (κ2) is 11.9. The number of unbranched alkanes of at least 4 members (excludes halogenated alkanes) is 3. The van der Waals surface area contributed by atoms with E-state index in [0.717, 1.165) is 57.8 Å². The molecule has 4 nitrogen and oxygen atoms in total. The van der Waals surface area contributed by atoms with Crippen LogP contribution in [0.1, 0.15) is 58.8 Å². The fraction of sp³-hybridized carbons (Fsp3) is 0.812. The van der Waals surface area contributed by atoms with E-state index in [1.807, 2.05) is 0 Å². The van der Waals surface area contributed by atoms with E-state index in [0.29, 0.717) is 6.42 Å². The highest BCUT2D eigenvalue weighted by molar-refractivity contribution is 6.66. The summed E-state index contributed by atoms with van der Waals surface area (Å²) in [4.78, 5) is 10.7. The Kier molecular flexibility index (Phi) is 11.6. The highest BCUT2D eigenvalue weighted by atomic mass is 28.4. The molecule has 0 rings (SSSR count). The Morgan fingerprint density at radius 2 is 1.57 bits per heavy atom. The Hall–Kier alpha value is -0.653. The molecule has 0 aromatic rings. The minimum absolute atomic E-state index is 0.289. The maximum absolute atomic E-state index is 10.7. The molecule has 0 aliphatic rings. The zero-order valence-corrected chi connectivity index (χ0v) is 15.0. The highest BCUT2D eigenvalue weighted by Gasteiger charge is 2.30. The van der Waals surface area contributed by atoms with Gasteiger partial charge in [0.25, 0.3) is 0 Å². The van der Waals surface area contributed by atoms with Crippen LogP contribution in [0.15, 0.2) is 12.2 Å². The molecular weight excluding hydrogens is 284 g/mol. The Morgan fingerprint density at radius 1 is 1.05 bits per heavy atom. The van der Waals surface area contributed by atoms with Crippen LogP contribution in [-0.4, -0.2) is 32.9 Å². The molecule has 0 radical (unpaired) electrons. The first-order valence-electron chi connectivity index (χ1n) is 8.14. The summed E-state index contributed by atoms with van der Waals surface area (Å²) in [5.74, 6) is -0.895. The molecule has 5 heteroatoms. The molecule has 1 N–H and O–H groups in total. The summed E-state index contributed by atoms with van der Waals surface area (Å²) in [6, 6.07) is 0.924. The van der Waals surface area contributed by atoms with Crippen LogP contribution in [0, 0.1) is 0 Å². The third-order valence-corrected chi connectivity index (χ3v) is 6.36. The van der Waals surface area contributed by atoms with Gasteiger partial charge in [-0.15, -0.1) is 0 Å². The molecule has 0 aromatic carbocycles. The lowest BCUT2D eigenvalue weighted by molar-refractivity contribution is -0.132. The van der Waals surface area contributed by atoms with Crippen LogP contribution in [0.2, 0.25) is 12.6 Å². The summed E-state index contributed by atoms with van der Waals surface area (Å²) < 4.78 is 12.1. The van der Waals surface area contributed by atoms with E-state index in [-0.39, 0.29) is 5.57 Å². The van der Waals surface area contributed by atoms with E-state index in [1.54, 1.807) is 0 Å². The molecule has 21 heavy (non-hydrogen) atoms. The van der Waals surface area contributed by atoms with Gasteiger partial charge in [0.05, 0.1) is 0 Å². The fourth-order valence-electron chi connectivity index (χ4n) is 1.94. The van der Waals surface area contributed by atoms with Crippen molar-refractivity contribution in [3.8, 4) is 0 Å². The van der Waals surface area contributed by atoms with Crippen molar-refractivity contribution in [2.75, 3.05) is 13.2 Å². The van der Waals surface area contributed by atoms with Gasteiger partial charge in [0, 0.05) is 18.8 Å². The average molecular weight is 317 g/mol. The number of hydrogen-bond acceptors (Lipinski definition) is 3. The van der Waals surface area contributed by atoms with Crippen molar-refractivity contribution in [3.05, 3.63) is 12.2 Å². The van der Waals surface area contributed by atoms with Gasteiger partial charge in [-0.05, 0) is 38.3 Å². The van der Waals surface area contributed by atoms with Crippen LogP contribution in [0.3, 0.4) is 0 Å². The molecule has 0 bridgehead atoms. The zero-order valence-electron chi connectivity index (χ0n) is 14.0. The van der Waals surface area contributed by atoms with Crippen LogP contribution >= 0.6 is 0 Å². The van der Waals surface area contributed by atoms with Crippen LogP contribution in [0.5, 0.6) is 0 Å². The maximum Gasteiger partial charge on any atom is 0.334 e. The predicted molar refractivity (Wildman–Crippen MR) is 88.8 cm³/mol. The molecule has 0 aliphatic heterocycles. The first-order valence-corrected chi connectivity index (χ1v) is 10.7. The second-order valence-electron chi connectivity index (χ2n) is 5.65. The van der Waals surface area contributed by atoms with Gasteiger partial charge in [-0.2, -0.15) is 0 Å². The van der Waals surface area contributed by atoms with Gasteiger partial charge < -0.3 is 14.0 Å². The summed E-state index contributed by atoms with van der Waals surface area (Å²) >= 11 is 0. The van der Waals surface area contributed by atoms with Crippen LogP contribution in [-0.2, 0) is 13.6 Å². The molecule has 0 heterocycles. The van der Waals surface area contributed by atoms with Gasteiger partial charge in [-0.25, -0.2) is 4.79 Å². The Morgan fingerprint density at radius 3 is 2.00 bits per heavy atom. The van der Waals surface area contributed by atoms with Crippen molar-refractivity contribution in [2.45, 2.75) is 71.4 Å². The first kappa shape index (κ1) is 20.3. The Labute approximate surface area is 130 Å². The minimum Gasteiger partial charge on any atom is -0.478 e.